The number of sulfone groups is 1. The third-order valence-corrected chi connectivity index (χ3v) is 8.23. The van der Waals surface area contributed by atoms with Crippen LogP contribution in [0.15, 0.2) is 46.7 Å². The minimum atomic E-state index is -3.26. The van der Waals surface area contributed by atoms with E-state index < -0.39 is 15.1 Å². The number of thiophene rings is 1. The van der Waals surface area contributed by atoms with E-state index in [1.807, 2.05) is 4.90 Å². The predicted molar refractivity (Wildman–Crippen MR) is 105 cm³/mol. The Hall–Kier alpha value is -1.66. The molecule has 0 aliphatic carbocycles. The number of rotatable bonds is 5. The average Bonchev–Trinajstić information content (AvgIpc) is 3.17. The van der Waals surface area contributed by atoms with Crippen LogP contribution in [0.3, 0.4) is 0 Å². The smallest absolute Gasteiger partial charge is 0.226 e. The van der Waals surface area contributed by atoms with Gasteiger partial charge in [-0.3, -0.25) is 4.79 Å². The molecule has 0 saturated carbocycles. The molecular formula is C20H25NO3S2. The molecule has 6 heteroatoms. The second kappa shape index (κ2) is 7.92. The molecule has 0 radical (unpaired) electrons. The van der Waals surface area contributed by atoms with Gasteiger partial charge < -0.3 is 4.90 Å². The first-order chi connectivity index (χ1) is 12.4. The SMILES string of the molecule is CC(C)S(=O)(=O)c1ccc(CC(=O)N2CCC(c3cccs3)CC2)cc1. The van der Waals surface area contributed by atoms with Crippen LogP contribution < -0.4 is 0 Å². The zero-order valence-corrected chi connectivity index (χ0v) is 16.9. The number of carbonyl (C=O) groups excluding carboxylic acids is 1. The third-order valence-electron chi connectivity index (χ3n) is 5.02. The first-order valence-electron chi connectivity index (χ1n) is 9.02. The van der Waals surface area contributed by atoms with E-state index in [4.69, 9.17) is 0 Å². The lowest BCUT2D eigenvalue weighted by molar-refractivity contribution is -0.131. The lowest BCUT2D eigenvalue weighted by Crippen LogP contribution is -2.38. The maximum absolute atomic E-state index is 12.6. The van der Waals surface area contributed by atoms with Crippen LogP contribution in [0.25, 0.3) is 0 Å². The second-order valence-corrected chi connectivity index (χ2v) is 10.6. The maximum Gasteiger partial charge on any atom is 0.226 e. The topological polar surface area (TPSA) is 54.5 Å². The van der Waals surface area contributed by atoms with E-state index in [2.05, 4.69) is 17.5 Å². The summed E-state index contributed by atoms with van der Waals surface area (Å²) in [5, 5.41) is 1.66. The van der Waals surface area contributed by atoms with Crippen LogP contribution in [0.5, 0.6) is 0 Å². The van der Waals surface area contributed by atoms with Crippen molar-refractivity contribution in [2.45, 2.75) is 49.2 Å². The van der Waals surface area contributed by atoms with Gasteiger partial charge in [0.25, 0.3) is 0 Å². The van der Waals surface area contributed by atoms with Gasteiger partial charge in [0.1, 0.15) is 0 Å². The molecule has 1 fully saturated rings. The molecule has 0 atom stereocenters. The van der Waals surface area contributed by atoms with Gasteiger partial charge in [0, 0.05) is 18.0 Å². The van der Waals surface area contributed by atoms with Gasteiger partial charge in [0.05, 0.1) is 16.6 Å². The zero-order chi connectivity index (χ0) is 18.7. The van der Waals surface area contributed by atoms with Crippen LogP contribution in [0.2, 0.25) is 0 Å². The Morgan fingerprint density at radius 3 is 2.35 bits per heavy atom. The molecule has 0 bridgehead atoms. The molecule has 1 amide bonds. The number of piperidine rings is 1. The van der Waals surface area contributed by atoms with Gasteiger partial charge in [-0.1, -0.05) is 18.2 Å². The molecule has 4 nitrogen and oxygen atoms in total. The monoisotopic (exact) mass is 391 g/mol. The third kappa shape index (κ3) is 4.18. The van der Waals surface area contributed by atoms with Crippen molar-refractivity contribution in [1.82, 2.24) is 4.90 Å². The van der Waals surface area contributed by atoms with Crippen molar-refractivity contribution in [2.75, 3.05) is 13.1 Å². The number of nitrogens with zero attached hydrogens (tertiary/aromatic N) is 1. The molecule has 0 spiro atoms. The summed E-state index contributed by atoms with van der Waals surface area (Å²) in [6.07, 6.45) is 2.35. The summed E-state index contributed by atoms with van der Waals surface area (Å²) >= 11 is 1.79. The van der Waals surface area contributed by atoms with Crippen LogP contribution >= 0.6 is 11.3 Å². The first-order valence-corrected chi connectivity index (χ1v) is 11.4. The summed E-state index contributed by atoms with van der Waals surface area (Å²) < 4.78 is 24.3. The van der Waals surface area contributed by atoms with E-state index in [1.54, 1.807) is 49.4 Å². The highest BCUT2D eigenvalue weighted by Gasteiger charge is 2.24. The predicted octanol–water partition coefficient (Wildman–Crippen LogP) is 3.88. The molecular weight excluding hydrogens is 366 g/mol. The van der Waals surface area contributed by atoms with Crippen LogP contribution in [0, 0.1) is 0 Å². The summed E-state index contributed by atoms with van der Waals surface area (Å²) in [7, 11) is -3.26. The minimum absolute atomic E-state index is 0.120. The molecule has 140 valence electrons. The Kier molecular flexibility index (Phi) is 5.82. The summed E-state index contributed by atoms with van der Waals surface area (Å²) in [5.74, 6) is 0.689. The van der Waals surface area contributed by atoms with E-state index in [0.29, 0.717) is 17.2 Å². The standard InChI is InChI=1S/C20H25NO3S2/c1-15(2)26(23,24)18-7-5-16(6-8-18)14-20(22)21-11-9-17(10-12-21)19-4-3-13-25-19/h3-8,13,15,17H,9-12,14H2,1-2H3. The summed E-state index contributed by atoms with van der Waals surface area (Å²) in [4.78, 5) is 16.2. The maximum atomic E-state index is 12.6. The van der Waals surface area contributed by atoms with Crippen molar-refractivity contribution in [3.63, 3.8) is 0 Å². The fraction of sp³-hybridized carbons (Fsp3) is 0.450. The lowest BCUT2D eigenvalue weighted by Gasteiger charge is -2.31. The minimum Gasteiger partial charge on any atom is -0.342 e. The molecule has 1 aliphatic heterocycles. The van der Waals surface area contributed by atoms with Crippen molar-refractivity contribution in [2.24, 2.45) is 0 Å². The Morgan fingerprint density at radius 1 is 1.15 bits per heavy atom. The van der Waals surface area contributed by atoms with Crippen molar-refractivity contribution in [3.8, 4) is 0 Å². The Morgan fingerprint density at radius 2 is 1.81 bits per heavy atom. The van der Waals surface area contributed by atoms with Gasteiger partial charge in [-0.05, 0) is 61.7 Å². The molecule has 1 aromatic heterocycles. The molecule has 0 N–H and O–H groups in total. The van der Waals surface area contributed by atoms with Crippen molar-refractivity contribution < 1.29 is 13.2 Å². The summed E-state index contributed by atoms with van der Waals surface area (Å²) in [6, 6.07) is 11.0. The summed E-state index contributed by atoms with van der Waals surface area (Å²) in [6.45, 7) is 4.93. The highest BCUT2D eigenvalue weighted by molar-refractivity contribution is 7.92. The second-order valence-electron chi connectivity index (χ2n) is 7.08. The number of hydrogen-bond acceptors (Lipinski definition) is 4. The van der Waals surface area contributed by atoms with E-state index in [0.717, 1.165) is 31.5 Å². The number of benzene rings is 1. The molecule has 2 heterocycles. The fourth-order valence-corrected chi connectivity index (χ4v) is 5.25. The zero-order valence-electron chi connectivity index (χ0n) is 15.2. The van der Waals surface area contributed by atoms with Gasteiger partial charge in [-0.25, -0.2) is 8.42 Å². The van der Waals surface area contributed by atoms with Gasteiger partial charge in [-0.15, -0.1) is 11.3 Å². The number of hydrogen-bond donors (Lipinski definition) is 0. The highest BCUT2D eigenvalue weighted by atomic mass is 32.2. The Bertz CT molecular complexity index is 832. The van der Waals surface area contributed by atoms with Crippen molar-refractivity contribution in [1.29, 1.82) is 0 Å². The normalized spacial score (nSPS) is 16.2. The van der Waals surface area contributed by atoms with Crippen LogP contribution in [0.4, 0.5) is 0 Å². The van der Waals surface area contributed by atoms with Gasteiger partial charge in [0.2, 0.25) is 5.91 Å². The quantitative estimate of drug-likeness (QED) is 0.777. The average molecular weight is 392 g/mol. The molecule has 26 heavy (non-hydrogen) atoms. The highest BCUT2D eigenvalue weighted by Crippen LogP contribution is 2.31. The molecule has 3 rings (SSSR count). The van der Waals surface area contributed by atoms with Crippen LogP contribution in [-0.2, 0) is 21.1 Å². The Balaban J connectivity index is 1.57. The molecule has 1 saturated heterocycles. The van der Waals surface area contributed by atoms with Crippen molar-refractivity contribution in [3.05, 3.63) is 52.2 Å². The van der Waals surface area contributed by atoms with Crippen LogP contribution in [-0.4, -0.2) is 37.6 Å². The lowest BCUT2D eigenvalue weighted by atomic mass is 9.95. The first kappa shape index (κ1) is 19.1. The van der Waals surface area contributed by atoms with Gasteiger partial charge >= 0.3 is 0 Å². The van der Waals surface area contributed by atoms with Gasteiger partial charge in [-0.2, -0.15) is 0 Å². The van der Waals surface area contributed by atoms with E-state index >= 15 is 0 Å². The molecule has 1 aliphatic rings. The number of carbonyl (C=O) groups is 1. The van der Waals surface area contributed by atoms with E-state index in [-0.39, 0.29) is 5.91 Å². The summed E-state index contributed by atoms with van der Waals surface area (Å²) in [5.41, 5.74) is 0.859. The fourth-order valence-electron chi connectivity index (χ4n) is 3.29. The van der Waals surface area contributed by atoms with Crippen LogP contribution in [0.1, 0.15) is 43.0 Å². The number of likely N-dealkylation sites (tertiary alicyclic amines) is 1. The Labute approximate surface area is 159 Å². The molecule has 2 aromatic rings. The van der Waals surface area contributed by atoms with E-state index in [9.17, 15) is 13.2 Å². The van der Waals surface area contributed by atoms with Gasteiger partial charge in [0.15, 0.2) is 9.84 Å². The van der Waals surface area contributed by atoms with Crippen molar-refractivity contribution >= 4 is 27.1 Å². The molecule has 0 unspecified atom stereocenters. The number of amides is 1. The largest absolute Gasteiger partial charge is 0.342 e. The molecule has 1 aromatic carbocycles. The van der Waals surface area contributed by atoms with E-state index in [1.165, 1.54) is 4.88 Å².